The maximum atomic E-state index is 13.1. The van der Waals surface area contributed by atoms with Gasteiger partial charge in [0.1, 0.15) is 0 Å². The van der Waals surface area contributed by atoms with Crippen molar-refractivity contribution in [1.29, 1.82) is 0 Å². The van der Waals surface area contributed by atoms with Crippen molar-refractivity contribution in [2.45, 2.75) is 26.7 Å². The Balaban J connectivity index is 1.74. The van der Waals surface area contributed by atoms with Crippen molar-refractivity contribution in [3.05, 3.63) is 70.6 Å². The molecule has 0 aliphatic heterocycles. The van der Waals surface area contributed by atoms with E-state index in [4.69, 9.17) is 0 Å². The second-order valence-corrected chi connectivity index (χ2v) is 7.02. The molecule has 4 aromatic rings. The number of amides is 1. The van der Waals surface area contributed by atoms with Gasteiger partial charge >= 0.3 is 0 Å². The van der Waals surface area contributed by atoms with Crippen LogP contribution in [0.4, 0.5) is 17.3 Å². The van der Waals surface area contributed by atoms with E-state index in [1.54, 1.807) is 30.3 Å². The zero-order chi connectivity index (χ0) is 21.1. The molecule has 0 spiro atoms. The van der Waals surface area contributed by atoms with Crippen LogP contribution in [0.5, 0.6) is 0 Å². The minimum absolute atomic E-state index is 0.0352. The minimum atomic E-state index is -0.225. The molecule has 0 bridgehead atoms. The summed E-state index contributed by atoms with van der Waals surface area (Å²) in [6.45, 7) is 3.86. The van der Waals surface area contributed by atoms with Crippen molar-refractivity contribution in [2.75, 3.05) is 10.6 Å². The van der Waals surface area contributed by atoms with E-state index in [0.717, 1.165) is 12.1 Å². The number of aromatic nitrogens is 4. The second-order valence-electron chi connectivity index (χ2n) is 7.02. The highest BCUT2D eigenvalue weighted by Gasteiger charge is 2.13. The van der Waals surface area contributed by atoms with Crippen LogP contribution in [0, 0.1) is 6.92 Å². The molecule has 0 atom stereocenters. The van der Waals surface area contributed by atoms with Gasteiger partial charge in [-0.05, 0) is 43.7 Å². The number of H-pyrrole nitrogens is 1. The molecular formula is C22H22N6O2. The number of aryl methyl sites for hydroxylation is 1. The lowest BCUT2D eigenvalue weighted by Gasteiger charge is -2.12. The van der Waals surface area contributed by atoms with E-state index >= 15 is 0 Å². The van der Waals surface area contributed by atoms with Crippen LogP contribution in [-0.4, -0.2) is 25.9 Å². The largest absolute Gasteiger partial charge is 0.326 e. The Morgan fingerprint density at radius 3 is 2.50 bits per heavy atom. The lowest BCUT2D eigenvalue weighted by molar-refractivity contribution is -0.116. The Kier molecular flexibility index (Phi) is 5.30. The van der Waals surface area contributed by atoms with E-state index in [2.05, 4.69) is 25.9 Å². The first-order valence-corrected chi connectivity index (χ1v) is 9.76. The fourth-order valence-corrected chi connectivity index (χ4v) is 3.20. The second kappa shape index (κ2) is 8.20. The van der Waals surface area contributed by atoms with Gasteiger partial charge in [-0.2, -0.15) is 9.78 Å². The Hall–Kier alpha value is -3.94. The fraction of sp³-hybridized carbons (Fsp3) is 0.182. The lowest BCUT2D eigenvalue weighted by Crippen LogP contribution is -2.22. The molecule has 1 amide bonds. The highest BCUT2D eigenvalue weighted by molar-refractivity contribution is 5.92. The summed E-state index contributed by atoms with van der Waals surface area (Å²) in [5.41, 5.74) is 1.96. The molecule has 8 heteroatoms. The highest BCUT2D eigenvalue weighted by atomic mass is 16.1. The maximum Gasteiger partial charge on any atom is 0.279 e. The molecule has 0 unspecified atom stereocenters. The van der Waals surface area contributed by atoms with Crippen LogP contribution >= 0.6 is 0 Å². The third-order valence-corrected chi connectivity index (χ3v) is 4.63. The van der Waals surface area contributed by atoms with Gasteiger partial charge < -0.3 is 10.6 Å². The average Bonchev–Trinajstić information content (AvgIpc) is 3.16. The molecule has 0 saturated heterocycles. The summed E-state index contributed by atoms with van der Waals surface area (Å²) in [6.07, 6.45) is 1.25. The van der Waals surface area contributed by atoms with Crippen LogP contribution in [0.1, 0.15) is 25.5 Å². The molecule has 2 aromatic carbocycles. The number of carbonyl (C=O) groups is 1. The number of hydrogen-bond donors (Lipinski definition) is 3. The summed E-state index contributed by atoms with van der Waals surface area (Å²) in [7, 11) is 0. The highest BCUT2D eigenvalue weighted by Crippen LogP contribution is 2.23. The van der Waals surface area contributed by atoms with Gasteiger partial charge in [0, 0.05) is 29.3 Å². The van der Waals surface area contributed by atoms with Crippen LogP contribution in [0.15, 0.2) is 59.4 Å². The molecule has 4 rings (SSSR count). The number of rotatable bonds is 6. The van der Waals surface area contributed by atoms with Crippen molar-refractivity contribution in [1.82, 2.24) is 20.0 Å². The summed E-state index contributed by atoms with van der Waals surface area (Å²) < 4.78 is 1.35. The number of hydrogen-bond acceptors (Lipinski definition) is 5. The normalized spacial score (nSPS) is 10.9. The van der Waals surface area contributed by atoms with Gasteiger partial charge in [0.05, 0.1) is 11.1 Å². The van der Waals surface area contributed by atoms with Crippen molar-refractivity contribution < 1.29 is 4.79 Å². The minimum Gasteiger partial charge on any atom is -0.326 e. The Bertz CT molecular complexity index is 1260. The van der Waals surface area contributed by atoms with Crippen LogP contribution in [0.2, 0.25) is 0 Å². The van der Waals surface area contributed by atoms with E-state index in [1.165, 1.54) is 4.68 Å². The topological polar surface area (TPSA) is 105 Å². The van der Waals surface area contributed by atoms with Gasteiger partial charge in [-0.1, -0.05) is 25.1 Å². The summed E-state index contributed by atoms with van der Waals surface area (Å²) in [5, 5.41) is 18.9. The molecule has 0 fully saturated rings. The molecule has 2 aromatic heterocycles. The Morgan fingerprint density at radius 1 is 1.10 bits per heavy atom. The lowest BCUT2D eigenvalue weighted by atomic mass is 10.2. The molecule has 0 radical (unpaired) electrons. The van der Waals surface area contributed by atoms with E-state index in [1.807, 2.05) is 38.1 Å². The van der Waals surface area contributed by atoms with Crippen LogP contribution in [0.25, 0.3) is 16.5 Å². The van der Waals surface area contributed by atoms with Gasteiger partial charge in [0.15, 0.2) is 11.6 Å². The molecule has 3 N–H and O–H groups in total. The number of nitrogens with zero attached hydrogens (tertiary/aromatic N) is 3. The van der Waals surface area contributed by atoms with Gasteiger partial charge in [0.25, 0.3) is 5.56 Å². The fourth-order valence-electron chi connectivity index (χ4n) is 3.20. The number of benzene rings is 2. The van der Waals surface area contributed by atoms with E-state index in [0.29, 0.717) is 40.2 Å². The first kappa shape index (κ1) is 19.4. The Morgan fingerprint density at radius 2 is 1.83 bits per heavy atom. The molecule has 152 valence electrons. The summed E-state index contributed by atoms with van der Waals surface area (Å²) in [5.74, 6) is 1.10. The quantitative estimate of drug-likeness (QED) is 0.454. The number of anilines is 3. The predicted octanol–water partition coefficient (Wildman–Crippen LogP) is 3.90. The van der Waals surface area contributed by atoms with E-state index in [9.17, 15) is 9.59 Å². The average molecular weight is 402 g/mol. The summed E-state index contributed by atoms with van der Waals surface area (Å²) in [4.78, 5) is 24.9. The van der Waals surface area contributed by atoms with Gasteiger partial charge in [-0.15, -0.1) is 5.10 Å². The number of fused-ring (bicyclic) bond motifs is 1. The van der Waals surface area contributed by atoms with Crippen molar-refractivity contribution in [3.8, 4) is 5.69 Å². The van der Waals surface area contributed by atoms with Crippen LogP contribution < -0.4 is 16.2 Å². The number of carbonyl (C=O) groups excluding carboxylic acids is 1. The zero-order valence-corrected chi connectivity index (χ0v) is 16.8. The van der Waals surface area contributed by atoms with Gasteiger partial charge in [0.2, 0.25) is 5.91 Å². The molecule has 0 aliphatic carbocycles. The Labute approximate surface area is 172 Å². The zero-order valence-electron chi connectivity index (χ0n) is 16.8. The van der Waals surface area contributed by atoms with Crippen molar-refractivity contribution in [3.63, 3.8) is 0 Å². The predicted molar refractivity (Wildman–Crippen MR) is 117 cm³/mol. The maximum absolute atomic E-state index is 13.1. The molecule has 0 saturated carbocycles. The molecule has 8 nitrogen and oxygen atoms in total. The molecule has 0 aliphatic rings. The summed E-state index contributed by atoms with van der Waals surface area (Å²) in [6, 6.07) is 16.2. The van der Waals surface area contributed by atoms with Gasteiger partial charge in [-0.3, -0.25) is 14.7 Å². The molecule has 30 heavy (non-hydrogen) atoms. The van der Waals surface area contributed by atoms with Gasteiger partial charge in [-0.25, -0.2) is 0 Å². The van der Waals surface area contributed by atoms with Crippen molar-refractivity contribution in [2.24, 2.45) is 0 Å². The number of aromatic amines is 1. The first-order chi connectivity index (χ1) is 14.5. The van der Waals surface area contributed by atoms with Crippen LogP contribution in [0.3, 0.4) is 0 Å². The SMILES string of the molecule is CCCC(=O)Nc1ccc(-n2nc(Nc3cc(C)[nH]n3)c3ccccc3c2=O)cc1. The van der Waals surface area contributed by atoms with Crippen LogP contribution in [-0.2, 0) is 4.79 Å². The smallest absolute Gasteiger partial charge is 0.279 e. The summed E-state index contributed by atoms with van der Waals surface area (Å²) >= 11 is 0. The molecule has 2 heterocycles. The monoisotopic (exact) mass is 402 g/mol. The van der Waals surface area contributed by atoms with E-state index < -0.39 is 0 Å². The van der Waals surface area contributed by atoms with Crippen molar-refractivity contribution >= 4 is 34.0 Å². The first-order valence-electron chi connectivity index (χ1n) is 9.76. The standard InChI is InChI=1S/C22H22N6O2/c1-3-6-20(29)23-15-9-11-16(12-10-15)28-22(30)18-8-5-4-7-17(18)21(27-28)24-19-13-14(2)25-26-19/h4-5,7-13H,3,6H2,1-2H3,(H,23,29)(H2,24,25,26,27). The molecular weight excluding hydrogens is 380 g/mol. The third-order valence-electron chi connectivity index (χ3n) is 4.63. The number of nitrogens with one attached hydrogen (secondary N) is 3. The van der Waals surface area contributed by atoms with E-state index in [-0.39, 0.29) is 11.5 Å². The third kappa shape index (κ3) is 3.93.